The Morgan fingerprint density at radius 1 is 1.17 bits per heavy atom. The highest BCUT2D eigenvalue weighted by Gasteiger charge is 2.24. The number of pyridine rings is 1. The fourth-order valence-corrected chi connectivity index (χ4v) is 2.72. The summed E-state index contributed by atoms with van der Waals surface area (Å²) in [6, 6.07) is 12.4. The molecule has 2 aromatic heterocycles. The monoisotopic (exact) mass is 311 g/mol. The lowest BCUT2D eigenvalue weighted by atomic mass is 10.2. The van der Waals surface area contributed by atoms with Crippen molar-refractivity contribution in [3.05, 3.63) is 65.9 Å². The van der Waals surface area contributed by atoms with Crippen molar-refractivity contribution >= 4 is 17.2 Å². The van der Waals surface area contributed by atoms with Gasteiger partial charge in [0.05, 0.1) is 5.69 Å². The number of benzene rings is 1. The third-order valence-electron chi connectivity index (χ3n) is 3.82. The van der Waals surface area contributed by atoms with Crippen LogP contribution < -0.4 is 4.90 Å². The molecular weight excluding hydrogens is 293 g/mol. The first-order valence-electron chi connectivity index (χ1n) is 7.69. The first-order valence-corrected chi connectivity index (χ1v) is 7.69. The summed E-state index contributed by atoms with van der Waals surface area (Å²) in [5, 5.41) is 0. The van der Waals surface area contributed by atoms with Gasteiger partial charge in [-0.1, -0.05) is 25.1 Å². The molecule has 0 aliphatic carbocycles. The van der Waals surface area contributed by atoms with Crippen LogP contribution in [0.15, 0.2) is 48.7 Å². The minimum Gasteiger partial charge on any atom is -0.307 e. The number of hydrogen-bond donors (Lipinski definition) is 0. The number of aryl methyl sites for hydroxylation is 1. The molecule has 0 bridgehead atoms. The maximum atomic E-state index is 13.6. The molecule has 0 spiro atoms. The zero-order valence-electron chi connectivity index (χ0n) is 13.2. The molecule has 23 heavy (non-hydrogen) atoms. The van der Waals surface area contributed by atoms with Gasteiger partial charge in [-0.05, 0) is 37.6 Å². The Morgan fingerprint density at radius 2 is 1.91 bits per heavy atom. The van der Waals surface area contributed by atoms with E-state index in [1.807, 2.05) is 44.2 Å². The molecule has 0 N–H and O–H groups in total. The second-order valence-electron chi connectivity index (χ2n) is 5.22. The van der Waals surface area contributed by atoms with E-state index in [1.54, 1.807) is 15.4 Å². The first-order chi connectivity index (χ1) is 11.2. The summed E-state index contributed by atoms with van der Waals surface area (Å²) in [6.07, 6.45) is 1.92. The van der Waals surface area contributed by atoms with Crippen molar-refractivity contribution in [1.82, 2.24) is 9.38 Å². The van der Waals surface area contributed by atoms with Gasteiger partial charge in [-0.3, -0.25) is 9.20 Å². The van der Waals surface area contributed by atoms with E-state index in [9.17, 15) is 9.18 Å². The molecule has 0 aliphatic rings. The van der Waals surface area contributed by atoms with Gasteiger partial charge in [0.15, 0.2) is 0 Å². The largest absolute Gasteiger partial charge is 0.307 e. The van der Waals surface area contributed by atoms with Gasteiger partial charge < -0.3 is 4.90 Å². The van der Waals surface area contributed by atoms with E-state index in [-0.39, 0.29) is 5.91 Å². The Morgan fingerprint density at radius 3 is 2.57 bits per heavy atom. The van der Waals surface area contributed by atoms with Crippen molar-refractivity contribution in [1.29, 1.82) is 0 Å². The van der Waals surface area contributed by atoms with Crippen molar-refractivity contribution in [3.63, 3.8) is 0 Å². The fourth-order valence-electron chi connectivity index (χ4n) is 2.72. The highest BCUT2D eigenvalue weighted by atomic mass is 19.1. The molecule has 0 unspecified atom stereocenters. The highest BCUT2D eigenvalue weighted by molar-refractivity contribution is 6.06. The number of carbonyl (C=O) groups is 1. The summed E-state index contributed by atoms with van der Waals surface area (Å²) in [6.45, 7) is 4.38. The fraction of sp³-hybridized carbons (Fsp3) is 0.222. The zero-order valence-corrected chi connectivity index (χ0v) is 13.2. The average molecular weight is 311 g/mol. The lowest BCUT2D eigenvalue weighted by Gasteiger charge is -2.21. The lowest BCUT2D eigenvalue weighted by molar-refractivity contribution is 0.0981. The Hall–Kier alpha value is -2.69. The van der Waals surface area contributed by atoms with Crippen LogP contribution in [0.4, 0.5) is 10.1 Å². The molecule has 118 valence electrons. The van der Waals surface area contributed by atoms with Crippen LogP contribution in [0.3, 0.4) is 0 Å². The molecule has 3 rings (SSSR count). The number of carbonyl (C=O) groups excluding carboxylic acids is 1. The molecule has 3 aromatic rings. The van der Waals surface area contributed by atoms with Crippen molar-refractivity contribution in [2.45, 2.75) is 20.3 Å². The van der Waals surface area contributed by atoms with Crippen molar-refractivity contribution in [2.75, 3.05) is 11.4 Å². The molecule has 0 saturated heterocycles. The van der Waals surface area contributed by atoms with Crippen LogP contribution in [0.2, 0.25) is 0 Å². The van der Waals surface area contributed by atoms with Crippen LogP contribution in [0.5, 0.6) is 0 Å². The van der Waals surface area contributed by atoms with E-state index < -0.39 is 5.82 Å². The van der Waals surface area contributed by atoms with E-state index in [2.05, 4.69) is 4.98 Å². The number of aromatic nitrogens is 2. The molecule has 0 aliphatic heterocycles. The number of halogens is 1. The van der Waals surface area contributed by atoms with Gasteiger partial charge in [0.25, 0.3) is 5.91 Å². The Bertz CT molecular complexity index is 842. The number of para-hydroxylation sites is 1. The number of anilines is 1. The SMILES string of the molecule is CCc1nc2ccc(F)cn2c1C(=O)N(CC)c1ccccc1. The predicted octanol–water partition coefficient (Wildman–Crippen LogP) is 3.70. The molecule has 5 heteroatoms. The van der Waals surface area contributed by atoms with Gasteiger partial charge >= 0.3 is 0 Å². The van der Waals surface area contributed by atoms with Crippen LogP contribution in [0.1, 0.15) is 30.0 Å². The van der Waals surface area contributed by atoms with Gasteiger partial charge in [0.2, 0.25) is 0 Å². The summed E-state index contributed by atoms with van der Waals surface area (Å²) in [4.78, 5) is 19.2. The van der Waals surface area contributed by atoms with E-state index in [4.69, 9.17) is 0 Å². The van der Waals surface area contributed by atoms with E-state index in [0.29, 0.717) is 30.0 Å². The van der Waals surface area contributed by atoms with Crippen molar-refractivity contribution < 1.29 is 9.18 Å². The standard InChI is InChI=1S/C18H18FN3O/c1-3-15-17(22-12-13(19)10-11-16(22)20-15)18(23)21(4-2)14-8-6-5-7-9-14/h5-12H,3-4H2,1-2H3. The van der Waals surface area contributed by atoms with Crippen LogP contribution in [-0.2, 0) is 6.42 Å². The van der Waals surface area contributed by atoms with Crippen LogP contribution in [-0.4, -0.2) is 21.8 Å². The normalized spacial score (nSPS) is 10.9. The van der Waals surface area contributed by atoms with E-state index in [0.717, 1.165) is 5.69 Å². The summed E-state index contributed by atoms with van der Waals surface area (Å²) >= 11 is 0. The van der Waals surface area contributed by atoms with Crippen LogP contribution in [0.25, 0.3) is 5.65 Å². The quantitative estimate of drug-likeness (QED) is 0.737. The third kappa shape index (κ3) is 2.70. The zero-order chi connectivity index (χ0) is 16.4. The minimum absolute atomic E-state index is 0.173. The van der Waals surface area contributed by atoms with Crippen LogP contribution >= 0.6 is 0 Å². The summed E-state index contributed by atoms with van der Waals surface area (Å²) in [5.41, 5.74) is 2.49. The van der Waals surface area contributed by atoms with E-state index >= 15 is 0 Å². The predicted molar refractivity (Wildman–Crippen MR) is 88.3 cm³/mol. The number of amides is 1. The van der Waals surface area contributed by atoms with Crippen molar-refractivity contribution in [3.8, 4) is 0 Å². The summed E-state index contributed by atoms with van der Waals surface area (Å²) in [7, 11) is 0. The maximum Gasteiger partial charge on any atom is 0.277 e. The van der Waals surface area contributed by atoms with Crippen LogP contribution in [0, 0.1) is 5.82 Å². The number of hydrogen-bond acceptors (Lipinski definition) is 2. The highest BCUT2D eigenvalue weighted by Crippen LogP contribution is 2.21. The molecule has 0 atom stereocenters. The molecule has 4 nitrogen and oxygen atoms in total. The Labute approximate surface area is 134 Å². The molecule has 0 fully saturated rings. The summed E-state index contributed by atoms with van der Waals surface area (Å²) < 4.78 is 15.2. The van der Waals surface area contributed by atoms with Crippen molar-refractivity contribution in [2.24, 2.45) is 0 Å². The van der Waals surface area contributed by atoms with Gasteiger partial charge in [0.1, 0.15) is 17.2 Å². The number of fused-ring (bicyclic) bond motifs is 1. The number of imidazole rings is 1. The molecule has 0 radical (unpaired) electrons. The first kappa shape index (κ1) is 15.2. The van der Waals surface area contributed by atoms with Gasteiger partial charge in [-0.15, -0.1) is 0 Å². The Balaban J connectivity index is 2.14. The molecule has 1 amide bonds. The van der Waals surface area contributed by atoms with Gasteiger partial charge in [0, 0.05) is 18.4 Å². The number of nitrogens with zero attached hydrogens (tertiary/aromatic N) is 3. The molecular formula is C18H18FN3O. The second-order valence-corrected chi connectivity index (χ2v) is 5.22. The van der Waals surface area contributed by atoms with Gasteiger partial charge in [-0.2, -0.15) is 0 Å². The number of rotatable bonds is 4. The smallest absolute Gasteiger partial charge is 0.277 e. The second kappa shape index (κ2) is 6.20. The molecule has 2 heterocycles. The minimum atomic E-state index is -0.394. The topological polar surface area (TPSA) is 37.6 Å². The molecule has 0 saturated carbocycles. The lowest BCUT2D eigenvalue weighted by Crippen LogP contribution is -2.32. The maximum absolute atomic E-state index is 13.6. The van der Waals surface area contributed by atoms with Gasteiger partial charge in [-0.25, -0.2) is 9.37 Å². The third-order valence-corrected chi connectivity index (χ3v) is 3.82. The molecule has 1 aromatic carbocycles. The average Bonchev–Trinajstić information content (AvgIpc) is 2.94. The Kier molecular flexibility index (Phi) is 4.10. The van der Waals surface area contributed by atoms with E-state index in [1.165, 1.54) is 12.3 Å². The summed E-state index contributed by atoms with van der Waals surface area (Å²) in [5.74, 6) is -0.567.